The Kier molecular flexibility index (Phi) is 50.5. The van der Waals surface area contributed by atoms with Gasteiger partial charge in [-0.25, -0.2) is 4.98 Å². The molecule has 38 N–H and O–H groups in total. The zero-order chi connectivity index (χ0) is 106. The van der Waals surface area contributed by atoms with E-state index < -0.39 is 344 Å². The number of aliphatic carboxylic acids is 1. The molecule has 0 radical (unpaired) electrons. The molecule has 7 rings (SSSR count). The quantitative estimate of drug-likeness (QED) is 0.00841. The van der Waals surface area contributed by atoms with Crippen molar-refractivity contribution in [1.29, 1.82) is 10.8 Å². The number of guanidine groups is 2. The van der Waals surface area contributed by atoms with Crippen LogP contribution >= 0.6 is 43.2 Å². The molecule has 56 nitrogen and oxygen atoms in total. The molecule has 0 aliphatic carbocycles. The van der Waals surface area contributed by atoms with Crippen molar-refractivity contribution in [2.75, 3.05) is 62.3 Å². The van der Waals surface area contributed by atoms with Crippen LogP contribution in [0.3, 0.4) is 0 Å². The van der Waals surface area contributed by atoms with Gasteiger partial charge in [0.1, 0.15) is 24.2 Å². The molecule has 796 valence electrons. The van der Waals surface area contributed by atoms with Crippen LogP contribution in [0.25, 0.3) is 10.9 Å². The van der Waals surface area contributed by atoms with Crippen molar-refractivity contribution in [3.8, 4) is 0 Å². The van der Waals surface area contributed by atoms with E-state index in [9.17, 15) is 77.0 Å². The van der Waals surface area contributed by atoms with Crippen LogP contribution in [-0.2, 0) is 123 Å². The number of nitrogens with two attached hydrogens (primary N) is 6. The fourth-order valence-electron chi connectivity index (χ4n) is 14.4. The van der Waals surface area contributed by atoms with Crippen LogP contribution in [0.15, 0.2) is 43.0 Å². The van der Waals surface area contributed by atoms with Gasteiger partial charge in [0.2, 0.25) is 23.6 Å². The molecular formula is C83H124N32O24S4Se2. The van der Waals surface area contributed by atoms with Crippen molar-refractivity contribution in [3.05, 3.63) is 54.2 Å². The van der Waals surface area contributed by atoms with Crippen LogP contribution in [0, 0.1) is 10.8 Å². The molecule has 16 atom stereocenters. The van der Waals surface area contributed by atoms with E-state index in [1.54, 1.807) is 30.5 Å². The number of H-pyrrole nitrogens is 2. The molecule has 2 aromatic heterocycles. The van der Waals surface area contributed by atoms with Gasteiger partial charge >= 0.3 is 606 Å². The number of carbonyl (C=O) groups excluding carboxylic acids is 22. The SMILES string of the molecule is C[C@@H]1NC(=O)[C@H](Cc2c[nH]cn2)NC(=O)[C@H](CC(=O)O)NC(=O)[C@H](CCCNC(=N)N)NC(=O)[C@@H]2C[Se][Se]C[C@H](NC(=O)[C@H](CC(N)=O)NC(=O)[C@@H]3CCC(=O)N3)C(=O)N[C@H]3CSSC[C@H](NC(=O)[C@H](CCCNC(=N)N)NC1=O)C(=O)N[C@H](C(N)=O)CSSC[C@H](NC(=O)CNC(=O)CNC(=O)[C@H](CC(N)=O)NC3=O)C(=O)NCCCCCC(=O)N[C@@H](CCCCN)C(=O)N[C@@H](Cc1c[nH]c3ccccc13)C(=O)N2. The molecule has 145 heavy (non-hydrogen) atoms. The fraction of sp³-hybridized carbons (Fsp3) is 0.566. The van der Waals surface area contributed by atoms with Gasteiger partial charge in [-0.2, -0.15) is 0 Å². The Hall–Kier alpha value is -13.3. The van der Waals surface area contributed by atoms with E-state index in [0.29, 0.717) is 44.5 Å². The number of unbranched alkanes of at least 4 members (excludes halogenated alkanes) is 1. The van der Waals surface area contributed by atoms with Crippen molar-refractivity contribution >= 4 is 228 Å². The van der Waals surface area contributed by atoms with Crippen molar-refractivity contribution in [2.24, 2.45) is 34.4 Å². The fourth-order valence-corrected chi connectivity index (χ4v) is 26.1. The van der Waals surface area contributed by atoms with E-state index in [4.69, 9.17) is 45.2 Å². The first kappa shape index (κ1) is 119. The average Bonchev–Trinajstić information content (AvgIpc) is 1.69. The molecular weight excluding hydrogens is 2120 g/mol. The maximum absolute atomic E-state index is 15.8. The topological polar surface area (TPSA) is 914 Å². The minimum absolute atomic E-state index is 0.0594. The number of aromatic nitrogens is 3. The van der Waals surface area contributed by atoms with Crippen LogP contribution in [0.1, 0.15) is 121 Å². The third-order valence-electron chi connectivity index (χ3n) is 22.1. The Labute approximate surface area is 856 Å². The maximum atomic E-state index is 15.8. The number of hydrogen-bond acceptors (Lipinski definition) is 31. The summed E-state index contributed by atoms with van der Waals surface area (Å²) in [6, 6.07) is -22.0. The molecule has 0 spiro atoms. The van der Waals surface area contributed by atoms with E-state index in [2.05, 4.69) is 127 Å². The number of nitrogens with zero attached hydrogens (tertiary/aromatic N) is 1. The van der Waals surface area contributed by atoms with Crippen molar-refractivity contribution in [3.63, 3.8) is 0 Å². The summed E-state index contributed by atoms with van der Waals surface area (Å²) in [7, 11) is 2.99. The third-order valence-corrected chi connectivity index (χ3v) is 34.0. The normalized spacial score (nSPS) is 25.1. The van der Waals surface area contributed by atoms with E-state index in [1.165, 1.54) is 12.5 Å². The van der Waals surface area contributed by atoms with Crippen molar-refractivity contribution in [2.45, 2.75) is 230 Å². The van der Waals surface area contributed by atoms with Crippen LogP contribution in [-0.4, -0.2) is 353 Å². The van der Waals surface area contributed by atoms with Crippen LogP contribution < -0.4 is 146 Å². The number of para-hydroxylation sites is 1. The number of carboxylic acid groups (broad SMARTS) is 1. The minimum atomic E-state index is -2.18. The zero-order valence-corrected chi connectivity index (χ0v) is 85.4. The second-order valence-electron chi connectivity index (χ2n) is 33.6. The first-order valence-corrected chi connectivity index (χ1v) is 57.6. The number of nitrogens with one attached hydrogen (secondary N) is 25. The summed E-state index contributed by atoms with van der Waals surface area (Å²) in [5.41, 5.74) is 35.5. The second kappa shape index (κ2) is 61.8. The summed E-state index contributed by atoms with van der Waals surface area (Å²) in [6.45, 7) is -0.994. The predicted molar refractivity (Wildman–Crippen MR) is 529 cm³/mol. The van der Waals surface area contributed by atoms with Gasteiger partial charge in [0.05, 0.1) is 18.6 Å². The number of hydrogen-bond donors (Lipinski definition) is 32. The Bertz CT molecular complexity index is 5150. The summed E-state index contributed by atoms with van der Waals surface area (Å²) < 4.78 is 0. The Morgan fingerprint density at radius 2 is 1.01 bits per heavy atom. The van der Waals surface area contributed by atoms with Gasteiger partial charge in [-0.05, 0) is 26.2 Å². The van der Waals surface area contributed by atoms with Gasteiger partial charge in [-0.1, -0.05) is 28.0 Å². The molecule has 4 aliphatic heterocycles. The van der Waals surface area contributed by atoms with Crippen LogP contribution in [0.2, 0.25) is 10.6 Å². The number of benzene rings is 1. The first-order chi connectivity index (χ1) is 69.0. The first-order valence-electron chi connectivity index (χ1n) is 45.9. The summed E-state index contributed by atoms with van der Waals surface area (Å²) in [4.78, 5) is 341. The molecule has 0 unspecified atom stereocenters. The van der Waals surface area contributed by atoms with E-state index >= 15 is 38.4 Å². The Morgan fingerprint density at radius 3 is 1.63 bits per heavy atom. The molecule has 4 saturated heterocycles. The number of rotatable bonds is 27. The number of aromatic amines is 2. The molecule has 6 heterocycles. The van der Waals surface area contributed by atoms with E-state index in [1.807, 2.05) is 0 Å². The number of fused-ring (bicyclic) bond motifs is 23. The summed E-state index contributed by atoms with van der Waals surface area (Å²) in [5, 5.41) is 77.9. The predicted octanol–water partition coefficient (Wildman–Crippen LogP) is -12.5. The monoisotopic (exact) mass is 2240 g/mol. The Balaban J connectivity index is 1.50. The molecule has 0 saturated carbocycles. The van der Waals surface area contributed by atoms with E-state index in [0.717, 1.165) is 28.5 Å². The van der Waals surface area contributed by atoms with Gasteiger partial charge < -0.3 is 54.1 Å². The number of carboxylic acids is 1. The average molecular weight is 2240 g/mol. The molecule has 4 bridgehead atoms. The molecule has 4 aliphatic rings. The van der Waals surface area contributed by atoms with Crippen LogP contribution in [0.5, 0.6) is 0 Å². The van der Waals surface area contributed by atoms with Crippen molar-refractivity contribution < 1.29 is 115 Å². The number of amides is 22. The summed E-state index contributed by atoms with van der Waals surface area (Å²) >= 11 is -2.33. The van der Waals surface area contributed by atoms with Gasteiger partial charge in [0.25, 0.3) is 0 Å². The summed E-state index contributed by atoms with van der Waals surface area (Å²) in [5.74, 6) is -29.6. The molecule has 1 aromatic carbocycles. The van der Waals surface area contributed by atoms with Gasteiger partial charge in [0.15, 0.2) is 5.96 Å². The summed E-state index contributed by atoms with van der Waals surface area (Å²) in [6.07, 6.45) is -0.640. The molecule has 22 amide bonds. The van der Waals surface area contributed by atoms with E-state index in [-0.39, 0.29) is 115 Å². The van der Waals surface area contributed by atoms with Gasteiger partial charge in [-0.15, -0.1) is 0 Å². The molecule has 3 aromatic rings. The third kappa shape index (κ3) is 42.5. The molecule has 4 fully saturated rings. The van der Waals surface area contributed by atoms with Crippen molar-refractivity contribution in [1.82, 2.24) is 127 Å². The zero-order valence-electron chi connectivity index (χ0n) is 78.7. The number of imidazole rings is 1. The van der Waals surface area contributed by atoms with Gasteiger partial charge in [0, 0.05) is 30.8 Å². The number of primary amides is 3. The standard InChI is InChI=1S/C83H124N32O24S4Se2/c1-39-67(125)104-45(14-9-21-94-82(88)89)72(130)112-56-35-143-142-34-55-78(136)108-50(25-59(85)116)68(126)98-30-63(120)97-31-64(121)103-54(33-141-140-32-53(66(87)124)111-79(56)137)69(127)93-20-8-2-3-16-61(118)101-44(13-6-7-19-84)70(128)106-48(23-40-28-96-43-12-5-4-11-42(40)43)75(133)114-57(36-144-145-37-58(81(139)113-55)115-76(134)51(26-60(86)117)109-73(131)47-17-18-62(119)102-47)80(138)105-46(15-10-22-95-83(90)91)71(129)110-52(27-65(122)123)77(135)107-49(74(132)100-39)24-41-29-92-38-99-41/h4-5,11-12,28-29,38-39,44-58,96H,2-3,6-10,13-27,30-37,84H2,1H3,(H2,85,116)(H2,86,117)(H2,87,124)(H,92,99)(H,93,127)(H,97,120)(H,98,126)(H,100,132)(H,101,118)(H,102,119)(H,103,121)(H,104,125)(H,105,138)(H,106,128)(H,107,135)(H,108,136)(H,109,131)(H,110,129)(H,111,137)(H,112,130)(H,113,139)(H,114,133)(H,115,134)(H,122,123)(H4,88,89,94)(H4,90,91,95)/t39-,44-,45-,46-,47-,48-,49-,50-,51-,52-,53-,54-,55-,56-,57-,58-/m0/s1. The second-order valence-corrected chi connectivity index (χ2v) is 46.2. The van der Waals surface area contributed by atoms with Gasteiger partial charge in [-0.3, -0.25) is 39.0 Å². The van der Waals surface area contributed by atoms with Crippen LogP contribution in [0.4, 0.5) is 0 Å². The Morgan fingerprint density at radius 1 is 0.483 bits per heavy atom. The number of carbonyl (C=O) groups is 23. The molecule has 62 heteroatoms.